The van der Waals surface area contributed by atoms with Gasteiger partial charge in [-0.05, 0) is 30.5 Å². The first-order chi connectivity index (χ1) is 10.0. The molecule has 0 radical (unpaired) electrons. The molecule has 5 heteroatoms. The highest BCUT2D eigenvalue weighted by atomic mass is 35.5. The molecule has 0 bridgehead atoms. The van der Waals surface area contributed by atoms with Crippen molar-refractivity contribution < 1.29 is 15.0 Å². The average molecular weight is 308 g/mol. The zero-order valence-electron chi connectivity index (χ0n) is 11.8. The highest BCUT2D eigenvalue weighted by Crippen LogP contribution is 2.22. The van der Waals surface area contributed by atoms with E-state index in [4.69, 9.17) is 16.7 Å². The van der Waals surface area contributed by atoms with Gasteiger partial charge in [-0.3, -0.25) is 4.79 Å². The number of amides is 1. The molecule has 0 spiro atoms. The second kappa shape index (κ2) is 6.95. The Kier molecular flexibility index (Phi) is 5.24. The number of benzene rings is 1. The Labute approximate surface area is 129 Å². The summed E-state index contributed by atoms with van der Waals surface area (Å²) in [5.41, 5.74) is 1.06. The molecule has 2 unspecified atom stereocenters. The fraction of sp³-hybridized carbons (Fsp3) is 0.438. The number of carbonyl (C=O) groups excluding carboxylic acids is 1. The van der Waals surface area contributed by atoms with Gasteiger partial charge in [0.1, 0.15) is 6.61 Å². The van der Waals surface area contributed by atoms with Crippen LogP contribution in [0.3, 0.4) is 0 Å². The van der Waals surface area contributed by atoms with Crippen molar-refractivity contribution in [2.45, 2.75) is 19.4 Å². The molecule has 1 fully saturated rings. The van der Waals surface area contributed by atoms with Crippen LogP contribution in [0.2, 0.25) is 5.02 Å². The molecule has 21 heavy (non-hydrogen) atoms. The first kappa shape index (κ1) is 15.8. The summed E-state index contributed by atoms with van der Waals surface area (Å²) in [7, 11) is 0. The molecule has 1 aliphatic rings. The Bertz CT molecular complexity index is 591. The van der Waals surface area contributed by atoms with Crippen molar-refractivity contribution in [3.05, 3.63) is 34.3 Å². The SMILES string of the molecule is CC1CCN(C(=O)c2ccc(C#CCO)c(Cl)c2)CC1O. The number of carbonyl (C=O) groups is 1. The van der Waals surface area contributed by atoms with Gasteiger partial charge in [-0.25, -0.2) is 0 Å². The Morgan fingerprint density at radius 1 is 1.52 bits per heavy atom. The lowest BCUT2D eigenvalue weighted by molar-refractivity contribution is 0.0248. The number of halogens is 1. The summed E-state index contributed by atoms with van der Waals surface area (Å²) >= 11 is 6.10. The van der Waals surface area contributed by atoms with Crippen LogP contribution in [0.1, 0.15) is 29.3 Å². The summed E-state index contributed by atoms with van der Waals surface area (Å²) in [4.78, 5) is 14.1. The van der Waals surface area contributed by atoms with Crippen molar-refractivity contribution in [3.63, 3.8) is 0 Å². The molecule has 1 aromatic carbocycles. The maximum absolute atomic E-state index is 12.4. The van der Waals surface area contributed by atoms with Crippen molar-refractivity contribution in [1.82, 2.24) is 4.90 Å². The van der Waals surface area contributed by atoms with E-state index in [1.165, 1.54) is 0 Å². The van der Waals surface area contributed by atoms with Crippen molar-refractivity contribution in [2.24, 2.45) is 5.92 Å². The summed E-state index contributed by atoms with van der Waals surface area (Å²) in [5.74, 6) is 5.33. The first-order valence-electron chi connectivity index (χ1n) is 6.89. The van der Waals surface area contributed by atoms with Gasteiger partial charge < -0.3 is 15.1 Å². The number of hydrogen-bond donors (Lipinski definition) is 2. The summed E-state index contributed by atoms with van der Waals surface area (Å²) in [6.45, 7) is 2.74. The molecule has 0 aliphatic carbocycles. The van der Waals surface area contributed by atoms with Gasteiger partial charge in [0.05, 0.1) is 11.1 Å². The topological polar surface area (TPSA) is 60.8 Å². The fourth-order valence-corrected chi connectivity index (χ4v) is 2.53. The molecule has 2 rings (SSSR count). The third-order valence-electron chi connectivity index (χ3n) is 3.72. The first-order valence-corrected chi connectivity index (χ1v) is 7.27. The lowest BCUT2D eigenvalue weighted by Gasteiger charge is -2.34. The molecule has 0 aromatic heterocycles. The molecule has 1 amide bonds. The molecule has 2 N–H and O–H groups in total. The van der Waals surface area contributed by atoms with E-state index in [1.54, 1.807) is 23.1 Å². The molecule has 112 valence electrons. The van der Waals surface area contributed by atoms with E-state index in [9.17, 15) is 9.90 Å². The molecular formula is C16H18ClNO3. The molecule has 1 saturated heterocycles. The molecule has 1 aromatic rings. The van der Waals surface area contributed by atoms with Crippen molar-refractivity contribution in [1.29, 1.82) is 0 Å². The third kappa shape index (κ3) is 3.76. The molecule has 4 nitrogen and oxygen atoms in total. The number of hydrogen-bond acceptors (Lipinski definition) is 3. The minimum absolute atomic E-state index is 0.135. The lowest BCUT2D eigenvalue weighted by atomic mass is 9.95. The van der Waals surface area contributed by atoms with Gasteiger partial charge >= 0.3 is 0 Å². The molecule has 1 aliphatic heterocycles. The maximum atomic E-state index is 12.4. The number of nitrogens with zero attached hydrogens (tertiary/aromatic N) is 1. The van der Waals surface area contributed by atoms with Gasteiger partial charge in [-0.15, -0.1) is 0 Å². The van der Waals surface area contributed by atoms with E-state index in [0.717, 1.165) is 6.42 Å². The Hall–Kier alpha value is -1.54. The minimum Gasteiger partial charge on any atom is -0.391 e. The quantitative estimate of drug-likeness (QED) is 0.774. The van der Waals surface area contributed by atoms with Gasteiger partial charge in [0.25, 0.3) is 5.91 Å². The van der Waals surface area contributed by atoms with Crippen LogP contribution >= 0.6 is 11.6 Å². The minimum atomic E-state index is -0.479. The Morgan fingerprint density at radius 3 is 2.90 bits per heavy atom. The van der Waals surface area contributed by atoms with E-state index in [1.807, 2.05) is 6.92 Å². The molecular weight excluding hydrogens is 290 g/mol. The van der Waals surface area contributed by atoms with Crippen LogP contribution in [0.15, 0.2) is 18.2 Å². The van der Waals surface area contributed by atoms with E-state index >= 15 is 0 Å². The fourth-order valence-electron chi connectivity index (χ4n) is 2.30. The van der Waals surface area contributed by atoms with Crippen molar-refractivity contribution in [3.8, 4) is 11.8 Å². The van der Waals surface area contributed by atoms with Crippen LogP contribution in [0.25, 0.3) is 0 Å². The normalized spacial score (nSPS) is 21.6. The number of rotatable bonds is 1. The number of piperidine rings is 1. The summed E-state index contributed by atoms with van der Waals surface area (Å²) in [6.07, 6.45) is 0.314. The van der Waals surface area contributed by atoms with Crippen LogP contribution in [-0.2, 0) is 0 Å². The zero-order chi connectivity index (χ0) is 15.4. The number of aliphatic hydroxyl groups excluding tert-OH is 2. The van der Waals surface area contributed by atoms with Crippen LogP contribution in [0, 0.1) is 17.8 Å². The smallest absolute Gasteiger partial charge is 0.253 e. The summed E-state index contributed by atoms with van der Waals surface area (Å²) < 4.78 is 0. The monoisotopic (exact) mass is 307 g/mol. The molecule has 1 heterocycles. The van der Waals surface area contributed by atoms with Gasteiger partial charge in [0, 0.05) is 24.2 Å². The van der Waals surface area contributed by atoms with E-state index in [0.29, 0.717) is 29.2 Å². The van der Waals surface area contributed by atoms with Gasteiger partial charge in [-0.1, -0.05) is 30.4 Å². The van der Waals surface area contributed by atoms with Crippen LogP contribution in [0.5, 0.6) is 0 Å². The highest BCUT2D eigenvalue weighted by Gasteiger charge is 2.27. The van der Waals surface area contributed by atoms with Crippen molar-refractivity contribution in [2.75, 3.05) is 19.7 Å². The zero-order valence-corrected chi connectivity index (χ0v) is 12.6. The van der Waals surface area contributed by atoms with Crippen LogP contribution < -0.4 is 0 Å². The molecule has 0 saturated carbocycles. The van der Waals surface area contributed by atoms with Gasteiger partial charge in [0.15, 0.2) is 0 Å². The van der Waals surface area contributed by atoms with Gasteiger partial charge in [0.2, 0.25) is 0 Å². The highest BCUT2D eigenvalue weighted by molar-refractivity contribution is 6.32. The second-order valence-corrected chi connectivity index (χ2v) is 5.65. The predicted octanol–water partition coefficient (Wildman–Crippen LogP) is 1.53. The van der Waals surface area contributed by atoms with Crippen LogP contribution in [-0.4, -0.2) is 46.8 Å². The van der Waals surface area contributed by atoms with Crippen LogP contribution in [0.4, 0.5) is 0 Å². The van der Waals surface area contributed by atoms with E-state index in [2.05, 4.69) is 11.8 Å². The Morgan fingerprint density at radius 2 is 2.29 bits per heavy atom. The number of β-amino-alcohol motifs (C(OH)–C–C–N with tert-alkyl or cyclic N) is 1. The predicted molar refractivity (Wildman–Crippen MR) is 81.1 cm³/mol. The Balaban J connectivity index is 2.15. The average Bonchev–Trinajstić information content (AvgIpc) is 2.48. The largest absolute Gasteiger partial charge is 0.391 e. The number of likely N-dealkylation sites (tertiary alicyclic amines) is 1. The van der Waals surface area contributed by atoms with Gasteiger partial charge in [-0.2, -0.15) is 0 Å². The summed E-state index contributed by atoms with van der Waals surface area (Å²) in [5, 5.41) is 18.9. The summed E-state index contributed by atoms with van der Waals surface area (Å²) in [6, 6.07) is 4.91. The third-order valence-corrected chi connectivity index (χ3v) is 4.04. The second-order valence-electron chi connectivity index (χ2n) is 5.24. The van der Waals surface area contributed by atoms with E-state index in [-0.39, 0.29) is 18.4 Å². The van der Waals surface area contributed by atoms with E-state index < -0.39 is 6.10 Å². The standard InChI is InChI=1S/C16H18ClNO3/c1-11-6-7-18(10-15(11)20)16(21)13-5-4-12(3-2-8-19)14(17)9-13/h4-5,9,11,15,19-20H,6-8,10H2,1H3. The molecule has 2 atom stereocenters. The van der Waals surface area contributed by atoms with Crippen molar-refractivity contribution >= 4 is 17.5 Å². The lowest BCUT2D eigenvalue weighted by Crippen LogP contribution is -2.45. The number of aliphatic hydroxyl groups is 2. The maximum Gasteiger partial charge on any atom is 0.253 e.